The highest BCUT2D eigenvalue weighted by Crippen LogP contribution is 2.14. The quantitative estimate of drug-likeness (QED) is 0.745. The van der Waals surface area contributed by atoms with Crippen molar-refractivity contribution in [1.82, 2.24) is 5.32 Å². The number of nitrogens with one attached hydrogen (secondary N) is 1. The van der Waals surface area contributed by atoms with Gasteiger partial charge in [-0.1, -0.05) is 23.8 Å². The summed E-state index contributed by atoms with van der Waals surface area (Å²) in [5.74, 6) is 0. The molecule has 16 heavy (non-hydrogen) atoms. The Bertz CT molecular complexity index is 366. The van der Waals surface area contributed by atoms with E-state index in [1.807, 2.05) is 7.05 Å². The molecule has 0 aliphatic rings. The number of rotatable bonds is 5. The first-order valence-corrected chi connectivity index (χ1v) is 5.90. The minimum atomic E-state index is 0.500. The van der Waals surface area contributed by atoms with Crippen LogP contribution in [0.3, 0.4) is 0 Å². The van der Waals surface area contributed by atoms with Crippen molar-refractivity contribution in [2.24, 2.45) is 0 Å². The second kappa shape index (κ2) is 5.86. The van der Waals surface area contributed by atoms with Crippen molar-refractivity contribution in [1.29, 1.82) is 0 Å². The molecule has 1 atom stereocenters. The molecule has 0 bridgehead atoms. The monoisotopic (exact) mass is 217 g/mol. The average Bonchev–Trinajstić information content (AvgIpc) is 2.22. The van der Waals surface area contributed by atoms with Crippen molar-refractivity contribution in [2.45, 2.75) is 39.7 Å². The first kappa shape index (κ1) is 13.0. The fourth-order valence-electron chi connectivity index (χ4n) is 1.91. The Labute approximate surface area is 99.6 Å². The van der Waals surface area contributed by atoms with Crippen molar-refractivity contribution in [3.8, 4) is 0 Å². The van der Waals surface area contributed by atoms with E-state index in [1.165, 1.54) is 22.3 Å². The highest BCUT2D eigenvalue weighted by atomic mass is 14.9. The highest BCUT2D eigenvalue weighted by Gasteiger charge is 2.07. The van der Waals surface area contributed by atoms with Gasteiger partial charge in [0.25, 0.3) is 0 Å². The van der Waals surface area contributed by atoms with Crippen molar-refractivity contribution in [3.63, 3.8) is 0 Å². The molecule has 88 valence electrons. The van der Waals surface area contributed by atoms with Crippen LogP contribution < -0.4 is 5.32 Å². The maximum Gasteiger partial charge on any atom is 0.0141 e. The van der Waals surface area contributed by atoms with Gasteiger partial charge in [-0.2, -0.15) is 0 Å². The topological polar surface area (TPSA) is 12.0 Å². The molecule has 1 heteroatoms. The van der Waals surface area contributed by atoms with Crippen LogP contribution in [-0.2, 0) is 6.42 Å². The summed E-state index contributed by atoms with van der Waals surface area (Å²) in [6, 6.07) is 7.22. The zero-order valence-corrected chi connectivity index (χ0v) is 10.9. The van der Waals surface area contributed by atoms with Crippen LogP contribution in [0.2, 0.25) is 0 Å². The molecule has 1 nitrogen and oxygen atoms in total. The molecule has 1 N–H and O–H groups in total. The molecule has 0 saturated heterocycles. The van der Waals surface area contributed by atoms with Gasteiger partial charge in [0.05, 0.1) is 0 Å². The van der Waals surface area contributed by atoms with Gasteiger partial charge in [-0.25, -0.2) is 0 Å². The zero-order valence-electron chi connectivity index (χ0n) is 10.9. The summed E-state index contributed by atoms with van der Waals surface area (Å²) in [5.41, 5.74) is 5.39. The Balaban J connectivity index is 2.70. The predicted octanol–water partition coefficient (Wildman–Crippen LogP) is 3.40. The maximum absolute atomic E-state index is 3.98. The average molecular weight is 217 g/mol. The zero-order chi connectivity index (χ0) is 12.1. The van der Waals surface area contributed by atoms with Crippen LogP contribution in [0.1, 0.15) is 30.0 Å². The van der Waals surface area contributed by atoms with Gasteiger partial charge in [0.15, 0.2) is 0 Å². The molecule has 1 rings (SSSR count). The summed E-state index contributed by atoms with van der Waals surface area (Å²) in [6.07, 6.45) is 2.12. The van der Waals surface area contributed by atoms with E-state index in [9.17, 15) is 0 Å². The van der Waals surface area contributed by atoms with E-state index in [4.69, 9.17) is 0 Å². The third kappa shape index (κ3) is 3.82. The van der Waals surface area contributed by atoms with Gasteiger partial charge < -0.3 is 5.32 Å². The van der Waals surface area contributed by atoms with Gasteiger partial charge in [-0.05, 0) is 57.4 Å². The van der Waals surface area contributed by atoms with E-state index in [1.54, 1.807) is 0 Å². The number of aryl methyl sites for hydroxylation is 2. The van der Waals surface area contributed by atoms with E-state index in [0.29, 0.717) is 6.04 Å². The standard InChI is InChI=1S/C15H23N/c1-11(2)8-15(16-5)10-14-7-6-12(3)13(4)9-14/h6-7,9,15-16H,1,8,10H2,2-5H3. The Morgan fingerprint density at radius 2 is 2.00 bits per heavy atom. The smallest absolute Gasteiger partial charge is 0.0141 e. The van der Waals surface area contributed by atoms with Crippen LogP contribution in [0.4, 0.5) is 0 Å². The van der Waals surface area contributed by atoms with E-state index >= 15 is 0 Å². The fraction of sp³-hybridized carbons (Fsp3) is 0.467. The SMILES string of the molecule is C=C(C)CC(Cc1ccc(C)c(C)c1)NC. The van der Waals surface area contributed by atoms with Gasteiger partial charge in [-0.15, -0.1) is 6.58 Å². The first-order valence-electron chi connectivity index (χ1n) is 5.90. The van der Waals surface area contributed by atoms with Crippen molar-refractivity contribution in [2.75, 3.05) is 7.05 Å². The molecule has 0 aliphatic heterocycles. The number of benzene rings is 1. The lowest BCUT2D eigenvalue weighted by Gasteiger charge is -2.16. The molecule has 0 spiro atoms. The highest BCUT2D eigenvalue weighted by molar-refractivity contribution is 5.30. The van der Waals surface area contributed by atoms with Gasteiger partial charge in [0.1, 0.15) is 0 Å². The lowest BCUT2D eigenvalue weighted by atomic mass is 9.98. The van der Waals surface area contributed by atoms with Crippen LogP contribution in [0, 0.1) is 13.8 Å². The fourth-order valence-corrected chi connectivity index (χ4v) is 1.91. The summed E-state index contributed by atoms with van der Waals surface area (Å²) in [4.78, 5) is 0. The molecule has 0 aromatic heterocycles. The lowest BCUT2D eigenvalue weighted by Crippen LogP contribution is -2.27. The Morgan fingerprint density at radius 1 is 1.31 bits per heavy atom. The van der Waals surface area contributed by atoms with Gasteiger partial charge >= 0.3 is 0 Å². The summed E-state index contributed by atoms with van der Waals surface area (Å²) < 4.78 is 0. The largest absolute Gasteiger partial charge is 0.316 e. The Kier molecular flexibility index (Phi) is 4.75. The van der Waals surface area contributed by atoms with Crippen molar-refractivity contribution >= 4 is 0 Å². The van der Waals surface area contributed by atoms with Crippen LogP contribution >= 0.6 is 0 Å². The molecule has 0 fully saturated rings. The number of hydrogen-bond donors (Lipinski definition) is 1. The third-order valence-corrected chi connectivity index (χ3v) is 3.06. The molecule has 1 aromatic rings. The van der Waals surface area contributed by atoms with Crippen LogP contribution in [0.15, 0.2) is 30.4 Å². The first-order chi connectivity index (χ1) is 7.52. The van der Waals surface area contributed by atoms with Gasteiger partial charge in [-0.3, -0.25) is 0 Å². The maximum atomic E-state index is 3.98. The Morgan fingerprint density at radius 3 is 2.50 bits per heavy atom. The van der Waals surface area contributed by atoms with E-state index in [2.05, 4.69) is 50.9 Å². The van der Waals surface area contributed by atoms with Crippen LogP contribution in [0.25, 0.3) is 0 Å². The summed E-state index contributed by atoms with van der Waals surface area (Å²) in [5, 5.41) is 3.36. The molecule has 0 aliphatic carbocycles. The molecule has 1 unspecified atom stereocenters. The molecule has 0 saturated carbocycles. The van der Waals surface area contributed by atoms with Crippen LogP contribution in [-0.4, -0.2) is 13.1 Å². The normalized spacial score (nSPS) is 12.5. The van der Waals surface area contributed by atoms with Gasteiger partial charge in [0, 0.05) is 6.04 Å². The van der Waals surface area contributed by atoms with Crippen molar-refractivity contribution < 1.29 is 0 Å². The molecule has 1 aromatic carbocycles. The third-order valence-electron chi connectivity index (χ3n) is 3.06. The second-order valence-electron chi connectivity index (χ2n) is 4.77. The summed E-state index contributed by atoms with van der Waals surface area (Å²) in [6.45, 7) is 10.4. The van der Waals surface area contributed by atoms with Gasteiger partial charge in [0.2, 0.25) is 0 Å². The van der Waals surface area contributed by atoms with Crippen molar-refractivity contribution in [3.05, 3.63) is 47.0 Å². The van der Waals surface area contributed by atoms with E-state index < -0.39 is 0 Å². The molecule has 0 amide bonds. The number of likely N-dealkylation sites (N-methyl/N-ethyl adjacent to an activating group) is 1. The Hall–Kier alpha value is -1.08. The molecule has 0 heterocycles. The molecular weight excluding hydrogens is 194 g/mol. The minimum absolute atomic E-state index is 0.500. The number of hydrogen-bond acceptors (Lipinski definition) is 1. The minimum Gasteiger partial charge on any atom is -0.316 e. The van der Waals surface area contributed by atoms with E-state index in [-0.39, 0.29) is 0 Å². The summed E-state index contributed by atoms with van der Waals surface area (Å²) >= 11 is 0. The lowest BCUT2D eigenvalue weighted by molar-refractivity contribution is 0.554. The molecular formula is C15H23N. The predicted molar refractivity (Wildman–Crippen MR) is 71.9 cm³/mol. The summed E-state index contributed by atoms with van der Waals surface area (Å²) in [7, 11) is 2.02. The van der Waals surface area contributed by atoms with E-state index in [0.717, 1.165) is 12.8 Å². The van der Waals surface area contributed by atoms with Crippen LogP contribution in [0.5, 0.6) is 0 Å². The second-order valence-corrected chi connectivity index (χ2v) is 4.77. The molecule has 0 radical (unpaired) electrons.